The van der Waals surface area contributed by atoms with Crippen molar-refractivity contribution in [3.63, 3.8) is 0 Å². The standard InChI is InChI=1S/C26H28N2O7S/c1-17-9-11-20(12-10-17)36(31,32)28(19-8-6-7-18(2)13-19)16-25(29)27-22-15-24(34-4)23(33-3)14-21(22)26(30)35-5/h6-15H,16H2,1-5H3,(H,27,29). The van der Waals surface area contributed by atoms with Gasteiger partial charge >= 0.3 is 5.97 Å². The molecule has 0 atom stereocenters. The molecular formula is C26H28N2O7S. The highest BCUT2D eigenvalue weighted by Gasteiger charge is 2.28. The number of anilines is 2. The molecule has 0 aliphatic carbocycles. The molecule has 0 heterocycles. The number of ether oxygens (including phenoxy) is 3. The number of nitrogens with zero attached hydrogens (tertiary/aromatic N) is 1. The number of esters is 1. The lowest BCUT2D eigenvalue weighted by Crippen LogP contribution is -2.38. The lowest BCUT2D eigenvalue weighted by Gasteiger charge is -2.25. The lowest BCUT2D eigenvalue weighted by molar-refractivity contribution is -0.114. The highest BCUT2D eigenvalue weighted by atomic mass is 32.2. The first-order chi connectivity index (χ1) is 17.1. The molecule has 0 aliphatic rings. The summed E-state index contributed by atoms with van der Waals surface area (Å²) in [7, 11) is -0.0657. The molecule has 1 N–H and O–H groups in total. The summed E-state index contributed by atoms with van der Waals surface area (Å²) >= 11 is 0. The van der Waals surface area contributed by atoms with Crippen LogP contribution in [0.1, 0.15) is 21.5 Å². The maximum atomic E-state index is 13.6. The molecule has 0 saturated carbocycles. The van der Waals surface area contributed by atoms with Gasteiger partial charge in [0.2, 0.25) is 5.91 Å². The van der Waals surface area contributed by atoms with Crippen molar-refractivity contribution >= 4 is 33.3 Å². The molecule has 36 heavy (non-hydrogen) atoms. The molecule has 1 amide bonds. The van der Waals surface area contributed by atoms with Crippen LogP contribution in [0.4, 0.5) is 11.4 Å². The van der Waals surface area contributed by atoms with E-state index >= 15 is 0 Å². The second-order valence-corrected chi connectivity index (χ2v) is 9.82. The van der Waals surface area contributed by atoms with E-state index < -0.39 is 28.4 Å². The zero-order valence-electron chi connectivity index (χ0n) is 20.7. The average molecular weight is 513 g/mol. The van der Waals surface area contributed by atoms with Crippen LogP contribution in [0.25, 0.3) is 0 Å². The minimum Gasteiger partial charge on any atom is -0.493 e. The van der Waals surface area contributed by atoms with E-state index in [9.17, 15) is 18.0 Å². The van der Waals surface area contributed by atoms with E-state index in [1.165, 1.54) is 45.6 Å². The lowest BCUT2D eigenvalue weighted by atomic mass is 10.1. The third-order valence-corrected chi connectivity index (χ3v) is 7.18. The van der Waals surface area contributed by atoms with Crippen LogP contribution in [0.3, 0.4) is 0 Å². The molecule has 0 aromatic heterocycles. The van der Waals surface area contributed by atoms with Gasteiger partial charge in [-0.3, -0.25) is 9.10 Å². The Morgan fingerprint density at radius 1 is 0.861 bits per heavy atom. The van der Waals surface area contributed by atoms with Crippen molar-refractivity contribution in [2.45, 2.75) is 18.7 Å². The normalized spacial score (nSPS) is 10.9. The van der Waals surface area contributed by atoms with Crippen molar-refractivity contribution < 1.29 is 32.2 Å². The van der Waals surface area contributed by atoms with Gasteiger partial charge in [-0.25, -0.2) is 13.2 Å². The fourth-order valence-corrected chi connectivity index (χ4v) is 4.93. The van der Waals surface area contributed by atoms with Gasteiger partial charge in [-0.2, -0.15) is 0 Å². The van der Waals surface area contributed by atoms with Gasteiger partial charge in [0.15, 0.2) is 11.5 Å². The van der Waals surface area contributed by atoms with E-state index in [1.54, 1.807) is 30.3 Å². The zero-order chi connectivity index (χ0) is 26.5. The van der Waals surface area contributed by atoms with Crippen LogP contribution in [0, 0.1) is 13.8 Å². The summed E-state index contributed by atoms with van der Waals surface area (Å²) in [5, 5.41) is 2.62. The van der Waals surface area contributed by atoms with Crippen LogP contribution in [-0.4, -0.2) is 48.2 Å². The number of methoxy groups -OCH3 is 3. The largest absolute Gasteiger partial charge is 0.493 e. The maximum absolute atomic E-state index is 13.6. The van der Waals surface area contributed by atoms with E-state index in [2.05, 4.69) is 5.32 Å². The summed E-state index contributed by atoms with van der Waals surface area (Å²) in [5.74, 6) is -0.860. The monoisotopic (exact) mass is 512 g/mol. The van der Waals surface area contributed by atoms with Gasteiger partial charge in [0.05, 0.1) is 43.2 Å². The molecule has 3 rings (SSSR count). The van der Waals surface area contributed by atoms with E-state index in [0.717, 1.165) is 15.4 Å². The van der Waals surface area contributed by atoms with Gasteiger partial charge in [-0.15, -0.1) is 0 Å². The van der Waals surface area contributed by atoms with Gasteiger partial charge in [-0.1, -0.05) is 29.8 Å². The van der Waals surface area contributed by atoms with Crippen molar-refractivity contribution in [1.29, 1.82) is 0 Å². The predicted octanol–water partition coefficient (Wildman–Crippen LogP) is 3.94. The van der Waals surface area contributed by atoms with Gasteiger partial charge in [0, 0.05) is 12.1 Å². The number of aryl methyl sites for hydroxylation is 2. The molecule has 3 aromatic rings. The van der Waals surface area contributed by atoms with Gasteiger partial charge < -0.3 is 19.5 Å². The molecule has 0 radical (unpaired) electrons. The van der Waals surface area contributed by atoms with E-state index in [0.29, 0.717) is 5.69 Å². The first-order valence-electron chi connectivity index (χ1n) is 10.9. The predicted molar refractivity (Wildman–Crippen MR) is 136 cm³/mol. The van der Waals surface area contributed by atoms with E-state index in [4.69, 9.17) is 14.2 Å². The molecule has 190 valence electrons. The molecular weight excluding hydrogens is 484 g/mol. The van der Waals surface area contributed by atoms with Crippen molar-refractivity contribution in [2.75, 3.05) is 37.5 Å². The fourth-order valence-electron chi connectivity index (χ4n) is 3.52. The summed E-state index contributed by atoms with van der Waals surface area (Å²) in [4.78, 5) is 25.6. The van der Waals surface area contributed by atoms with Crippen LogP contribution in [0.2, 0.25) is 0 Å². The Bertz CT molecular complexity index is 1370. The van der Waals surface area contributed by atoms with Gasteiger partial charge in [-0.05, 0) is 43.7 Å². The number of carbonyl (C=O) groups is 2. The second-order valence-electron chi connectivity index (χ2n) is 7.96. The van der Waals surface area contributed by atoms with Gasteiger partial charge in [0.1, 0.15) is 6.54 Å². The van der Waals surface area contributed by atoms with Crippen LogP contribution in [0.15, 0.2) is 65.6 Å². The number of hydrogen-bond acceptors (Lipinski definition) is 7. The van der Waals surface area contributed by atoms with E-state index in [-0.39, 0.29) is 27.6 Å². The Labute approximate surface area is 210 Å². The third-order valence-electron chi connectivity index (χ3n) is 5.39. The van der Waals surface area contributed by atoms with Crippen LogP contribution in [0.5, 0.6) is 11.5 Å². The Morgan fingerprint density at radius 2 is 1.50 bits per heavy atom. The first kappa shape index (κ1) is 26.6. The summed E-state index contributed by atoms with van der Waals surface area (Å²) in [6, 6.07) is 16.0. The summed E-state index contributed by atoms with van der Waals surface area (Å²) in [5.41, 5.74) is 2.15. The topological polar surface area (TPSA) is 111 Å². The number of hydrogen-bond donors (Lipinski definition) is 1. The minimum atomic E-state index is -4.09. The molecule has 10 heteroatoms. The molecule has 0 saturated heterocycles. The average Bonchev–Trinajstić information content (AvgIpc) is 2.86. The highest BCUT2D eigenvalue weighted by molar-refractivity contribution is 7.92. The SMILES string of the molecule is COC(=O)c1cc(OC)c(OC)cc1NC(=O)CN(c1cccc(C)c1)S(=O)(=O)c1ccc(C)cc1. The third kappa shape index (κ3) is 5.77. The fraction of sp³-hybridized carbons (Fsp3) is 0.231. The number of amides is 1. The summed E-state index contributed by atoms with van der Waals surface area (Å²) < 4.78 is 43.5. The Kier molecular flexibility index (Phi) is 8.21. The molecule has 3 aromatic carbocycles. The van der Waals surface area contributed by atoms with Gasteiger partial charge in [0.25, 0.3) is 10.0 Å². The highest BCUT2D eigenvalue weighted by Crippen LogP contribution is 2.34. The maximum Gasteiger partial charge on any atom is 0.340 e. The van der Waals surface area contributed by atoms with Crippen molar-refractivity contribution in [3.8, 4) is 11.5 Å². The molecule has 0 bridgehead atoms. The molecule has 0 aliphatic heterocycles. The number of sulfonamides is 1. The molecule has 0 fully saturated rings. The van der Waals surface area contributed by atoms with Crippen LogP contribution < -0.4 is 19.1 Å². The smallest absolute Gasteiger partial charge is 0.340 e. The summed E-state index contributed by atoms with van der Waals surface area (Å²) in [6.45, 7) is 3.13. The van der Waals surface area contributed by atoms with Crippen LogP contribution in [-0.2, 0) is 19.6 Å². The van der Waals surface area contributed by atoms with E-state index in [1.807, 2.05) is 19.9 Å². The quantitative estimate of drug-likeness (QED) is 0.432. The number of rotatable bonds is 9. The first-order valence-corrected chi connectivity index (χ1v) is 12.3. The molecule has 0 unspecified atom stereocenters. The zero-order valence-corrected chi connectivity index (χ0v) is 21.5. The van der Waals surface area contributed by atoms with Crippen molar-refractivity contribution in [1.82, 2.24) is 0 Å². The minimum absolute atomic E-state index is 0.0204. The van der Waals surface area contributed by atoms with Crippen molar-refractivity contribution in [2.24, 2.45) is 0 Å². The summed E-state index contributed by atoms with van der Waals surface area (Å²) in [6.07, 6.45) is 0. The van der Waals surface area contributed by atoms with Crippen LogP contribution >= 0.6 is 0 Å². The Balaban J connectivity index is 2.02. The second kappa shape index (κ2) is 11.1. The van der Waals surface area contributed by atoms with Crippen molar-refractivity contribution in [3.05, 3.63) is 77.4 Å². The number of benzene rings is 3. The Morgan fingerprint density at radius 3 is 2.08 bits per heavy atom. The Hall–Kier alpha value is -4.05. The molecule has 9 nitrogen and oxygen atoms in total. The number of nitrogens with one attached hydrogen (secondary N) is 1. The molecule has 0 spiro atoms. The number of carbonyl (C=O) groups excluding carboxylic acids is 2.